The number of nitrogens with one attached hydrogen (secondary N) is 1. The molecule has 3 heterocycles. The quantitative estimate of drug-likeness (QED) is 0.647. The van der Waals surface area contributed by atoms with Crippen molar-refractivity contribution in [3.05, 3.63) is 46.4 Å². The van der Waals surface area contributed by atoms with E-state index >= 15 is 0 Å². The van der Waals surface area contributed by atoms with E-state index in [-0.39, 0.29) is 11.5 Å². The first-order chi connectivity index (χ1) is 14.1. The van der Waals surface area contributed by atoms with Crippen LogP contribution in [0.25, 0.3) is 21.8 Å². The summed E-state index contributed by atoms with van der Waals surface area (Å²) < 4.78 is 8.88. The number of para-hydroxylation sites is 1. The highest BCUT2D eigenvalue weighted by molar-refractivity contribution is 6.17. The molecule has 0 unspecified atom stereocenters. The van der Waals surface area contributed by atoms with Crippen LogP contribution < -0.4 is 10.9 Å². The number of hydrogen-bond donors (Lipinski definition) is 1. The molecule has 1 aromatic carbocycles. The van der Waals surface area contributed by atoms with Crippen LogP contribution in [0.4, 0.5) is 0 Å². The fourth-order valence-corrected chi connectivity index (χ4v) is 4.16. The van der Waals surface area contributed by atoms with Crippen LogP contribution >= 0.6 is 0 Å². The van der Waals surface area contributed by atoms with Crippen LogP contribution in [0.5, 0.6) is 0 Å². The third-order valence-electron chi connectivity index (χ3n) is 5.75. The van der Waals surface area contributed by atoms with E-state index in [1.807, 2.05) is 42.8 Å². The van der Waals surface area contributed by atoms with Gasteiger partial charge in [0.05, 0.1) is 18.8 Å². The molecule has 29 heavy (non-hydrogen) atoms. The zero-order chi connectivity index (χ0) is 20.4. The molecule has 7 heteroatoms. The number of amides is 1. The van der Waals surface area contributed by atoms with E-state index in [2.05, 4.69) is 10.2 Å². The summed E-state index contributed by atoms with van der Waals surface area (Å²) in [5.41, 5.74) is 2.03. The fourth-order valence-electron chi connectivity index (χ4n) is 4.16. The standard InChI is InChI=1S/C22H28N4O3/c1-3-26-15-17(21(27)23-9-6-10-25-11-13-29-14-12-25)19-16-7-4-5-8-18(16)24(2)20(19)22(26)28/h4-5,7-8,15H,3,6,9-14H2,1-2H3,(H,23,27). The number of rotatable bonds is 6. The van der Waals surface area contributed by atoms with Crippen LogP contribution in [0.1, 0.15) is 23.7 Å². The van der Waals surface area contributed by atoms with Crippen LogP contribution in [0, 0.1) is 0 Å². The molecular formula is C22H28N4O3. The van der Waals surface area contributed by atoms with Crippen molar-refractivity contribution >= 4 is 27.7 Å². The zero-order valence-corrected chi connectivity index (χ0v) is 17.1. The Labute approximate surface area is 169 Å². The minimum absolute atomic E-state index is 0.0648. The molecule has 0 aliphatic carbocycles. The number of fused-ring (bicyclic) bond motifs is 3. The first-order valence-corrected chi connectivity index (χ1v) is 10.3. The molecule has 154 valence electrons. The Morgan fingerprint density at radius 3 is 2.72 bits per heavy atom. The molecule has 1 aliphatic rings. The summed E-state index contributed by atoms with van der Waals surface area (Å²) in [5, 5.41) is 4.73. The van der Waals surface area contributed by atoms with Gasteiger partial charge in [-0.1, -0.05) is 18.2 Å². The van der Waals surface area contributed by atoms with Gasteiger partial charge in [0, 0.05) is 55.7 Å². The van der Waals surface area contributed by atoms with Gasteiger partial charge in [-0.05, 0) is 26.0 Å². The predicted octanol–water partition coefficient (Wildman–Crippen LogP) is 1.97. The van der Waals surface area contributed by atoms with Crippen LogP contribution in [0.15, 0.2) is 35.3 Å². The highest BCUT2D eigenvalue weighted by Gasteiger charge is 2.20. The van der Waals surface area contributed by atoms with Crippen molar-refractivity contribution in [2.24, 2.45) is 7.05 Å². The molecule has 4 rings (SSSR count). The summed E-state index contributed by atoms with van der Waals surface area (Å²) >= 11 is 0. The lowest BCUT2D eigenvalue weighted by molar-refractivity contribution is 0.0374. The highest BCUT2D eigenvalue weighted by atomic mass is 16.5. The Morgan fingerprint density at radius 2 is 1.97 bits per heavy atom. The van der Waals surface area contributed by atoms with E-state index < -0.39 is 0 Å². The minimum atomic E-state index is -0.129. The van der Waals surface area contributed by atoms with Gasteiger partial charge in [-0.2, -0.15) is 0 Å². The second kappa shape index (κ2) is 8.39. The van der Waals surface area contributed by atoms with Gasteiger partial charge in [0.2, 0.25) is 0 Å². The summed E-state index contributed by atoms with van der Waals surface area (Å²) in [6.45, 7) is 7.45. The molecule has 0 bridgehead atoms. The number of benzene rings is 1. The van der Waals surface area contributed by atoms with Crippen LogP contribution in [0.2, 0.25) is 0 Å². The zero-order valence-electron chi connectivity index (χ0n) is 17.1. The van der Waals surface area contributed by atoms with Crippen LogP contribution in [-0.4, -0.2) is 59.3 Å². The molecule has 2 aromatic heterocycles. The molecule has 1 N–H and O–H groups in total. The average Bonchev–Trinajstić information content (AvgIpc) is 3.06. The van der Waals surface area contributed by atoms with E-state index in [0.717, 1.165) is 55.6 Å². The SMILES string of the molecule is CCn1cc(C(=O)NCCCN2CCOCC2)c2c3ccccc3n(C)c2c1=O. The normalized spacial score (nSPS) is 15.2. The Bertz CT molecular complexity index is 1090. The first kappa shape index (κ1) is 19.7. The van der Waals surface area contributed by atoms with Crippen molar-refractivity contribution < 1.29 is 9.53 Å². The van der Waals surface area contributed by atoms with Crippen molar-refractivity contribution in [3.63, 3.8) is 0 Å². The van der Waals surface area contributed by atoms with Gasteiger partial charge in [-0.15, -0.1) is 0 Å². The van der Waals surface area contributed by atoms with E-state index in [9.17, 15) is 9.59 Å². The van der Waals surface area contributed by atoms with E-state index in [1.165, 1.54) is 0 Å². The second-order valence-corrected chi connectivity index (χ2v) is 7.50. The molecule has 3 aromatic rings. The van der Waals surface area contributed by atoms with Gasteiger partial charge in [0.15, 0.2) is 0 Å². The summed E-state index contributed by atoms with van der Waals surface area (Å²) in [7, 11) is 1.89. The molecule has 0 spiro atoms. The lowest BCUT2D eigenvalue weighted by atomic mass is 10.1. The minimum Gasteiger partial charge on any atom is -0.379 e. The Kier molecular flexibility index (Phi) is 5.69. The third-order valence-corrected chi connectivity index (χ3v) is 5.75. The summed E-state index contributed by atoms with van der Waals surface area (Å²) in [4.78, 5) is 28.4. The summed E-state index contributed by atoms with van der Waals surface area (Å²) in [6, 6.07) is 7.85. The van der Waals surface area contributed by atoms with Crippen molar-refractivity contribution in [2.45, 2.75) is 19.9 Å². The Balaban J connectivity index is 1.62. The van der Waals surface area contributed by atoms with Gasteiger partial charge >= 0.3 is 0 Å². The molecule has 1 amide bonds. The molecule has 1 fully saturated rings. The van der Waals surface area contributed by atoms with Crippen LogP contribution in [0.3, 0.4) is 0 Å². The number of nitrogens with zero attached hydrogens (tertiary/aromatic N) is 3. The Hall–Kier alpha value is -2.64. The molecule has 1 aliphatic heterocycles. The predicted molar refractivity (Wildman–Crippen MR) is 115 cm³/mol. The maximum atomic E-state index is 13.1. The van der Waals surface area contributed by atoms with Crippen molar-refractivity contribution in [1.29, 1.82) is 0 Å². The molecule has 0 radical (unpaired) electrons. The molecular weight excluding hydrogens is 368 g/mol. The third kappa shape index (κ3) is 3.68. The van der Waals surface area contributed by atoms with Gasteiger partial charge in [-0.25, -0.2) is 0 Å². The van der Waals surface area contributed by atoms with Gasteiger partial charge in [0.1, 0.15) is 5.52 Å². The van der Waals surface area contributed by atoms with E-state index in [0.29, 0.717) is 24.2 Å². The van der Waals surface area contributed by atoms with Crippen molar-refractivity contribution in [1.82, 2.24) is 19.4 Å². The van der Waals surface area contributed by atoms with Crippen LogP contribution in [-0.2, 0) is 18.3 Å². The lowest BCUT2D eigenvalue weighted by Gasteiger charge is -2.26. The number of morpholine rings is 1. The molecule has 1 saturated heterocycles. The molecule has 0 atom stereocenters. The highest BCUT2D eigenvalue weighted by Crippen LogP contribution is 2.28. The monoisotopic (exact) mass is 396 g/mol. The number of aromatic nitrogens is 2. The number of ether oxygens (including phenoxy) is 1. The average molecular weight is 396 g/mol. The Morgan fingerprint density at radius 1 is 1.21 bits per heavy atom. The van der Waals surface area contributed by atoms with Gasteiger partial charge in [0.25, 0.3) is 11.5 Å². The summed E-state index contributed by atoms with van der Waals surface area (Å²) in [6.07, 6.45) is 2.59. The number of carbonyl (C=O) groups excluding carboxylic acids is 1. The smallest absolute Gasteiger partial charge is 0.275 e. The van der Waals surface area contributed by atoms with E-state index in [1.54, 1.807) is 10.8 Å². The molecule has 7 nitrogen and oxygen atoms in total. The number of pyridine rings is 1. The maximum Gasteiger partial charge on any atom is 0.275 e. The maximum absolute atomic E-state index is 13.1. The lowest BCUT2D eigenvalue weighted by Crippen LogP contribution is -2.38. The summed E-state index contributed by atoms with van der Waals surface area (Å²) in [5.74, 6) is -0.129. The number of carbonyl (C=O) groups is 1. The second-order valence-electron chi connectivity index (χ2n) is 7.50. The van der Waals surface area contributed by atoms with Crippen molar-refractivity contribution in [2.75, 3.05) is 39.4 Å². The van der Waals surface area contributed by atoms with Crippen molar-refractivity contribution in [3.8, 4) is 0 Å². The van der Waals surface area contributed by atoms with Gasteiger partial charge in [-0.3, -0.25) is 14.5 Å². The van der Waals surface area contributed by atoms with Gasteiger partial charge < -0.3 is 19.2 Å². The first-order valence-electron chi connectivity index (χ1n) is 10.3. The molecule has 0 saturated carbocycles. The number of hydrogen-bond acceptors (Lipinski definition) is 4. The number of aryl methyl sites for hydroxylation is 2. The van der Waals surface area contributed by atoms with E-state index in [4.69, 9.17) is 4.74 Å². The fraction of sp³-hybridized carbons (Fsp3) is 0.455. The topological polar surface area (TPSA) is 68.5 Å². The largest absolute Gasteiger partial charge is 0.379 e.